The zero-order chi connectivity index (χ0) is 17.3. The standard InChI is InChI=1S/C23H38/c1-17(2)19(5)9-14-22-12-8-13-23(22,21(7)11-15-22)16-10-20(6)18(3)4/h10,16-21H,8,11-13,15H2,1-7H3. The minimum atomic E-state index is 0.267. The van der Waals surface area contributed by atoms with E-state index in [0.717, 1.165) is 11.8 Å². The summed E-state index contributed by atoms with van der Waals surface area (Å²) >= 11 is 0. The fourth-order valence-corrected chi connectivity index (χ4v) is 4.56. The summed E-state index contributed by atoms with van der Waals surface area (Å²) in [6.45, 7) is 16.4. The van der Waals surface area contributed by atoms with Crippen LogP contribution >= 0.6 is 0 Å². The average Bonchev–Trinajstić information content (AvgIpc) is 2.98. The third-order valence-corrected chi connectivity index (χ3v) is 7.26. The average molecular weight is 315 g/mol. The Bertz CT molecular complexity index is 486. The van der Waals surface area contributed by atoms with Crippen LogP contribution in [-0.2, 0) is 0 Å². The molecule has 0 aromatic rings. The van der Waals surface area contributed by atoms with Gasteiger partial charge in [-0.2, -0.15) is 0 Å². The lowest BCUT2D eigenvalue weighted by Gasteiger charge is -2.38. The van der Waals surface area contributed by atoms with Crippen molar-refractivity contribution in [2.24, 2.45) is 40.4 Å². The molecule has 0 heterocycles. The highest BCUT2D eigenvalue weighted by molar-refractivity contribution is 5.30. The van der Waals surface area contributed by atoms with Gasteiger partial charge in [0.2, 0.25) is 0 Å². The van der Waals surface area contributed by atoms with E-state index in [4.69, 9.17) is 0 Å². The molecule has 2 aliphatic rings. The lowest BCUT2D eigenvalue weighted by Crippen LogP contribution is -2.33. The summed E-state index contributed by atoms with van der Waals surface area (Å²) in [4.78, 5) is 0. The molecule has 130 valence electrons. The van der Waals surface area contributed by atoms with E-state index in [1.54, 1.807) is 0 Å². The predicted octanol–water partition coefficient (Wildman–Crippen LogP) is 6.72. The van der Waals surface area contributed by atoms with Gasteiger partial charge in [-0.15, -0.1) is 0 Å². The highest BCUT2D eigenvalue weighted by atomic mass is 14.6. The van der Waals surface area contributed by atoms with Crippen LogP contribution in [-0.4, -0.2) is 0 Å². The number of hydrogen-bond acceptors (Lipinski definition) is 0. The molecule has 0 bridgehead atoms. The lowest BCUT2D eigenvalue weighted by atomic mass is 9.64. The van der Waals surface area contributed by atoms with Crippen molar-refractivity contribution in [3.05, 3.63) is 12.2 Å². The van der Waals surface area contributed by atoms with Crippen molar-refractivity contribution in [1.29, 1.82) is 0 Å². The van der Waals surface area contributed by atoms with Crippen molar-refractivity contribution in [2.45, 2.75) is 80.6 Å². The van der Waals surface area contributed by atoms with Crippen LogP contribution in [0.2, 0.25) is 0 Å². The van der Waals surface area contributed by atoms with E-state index in [-0.39, 0.29) is 5.41 Å². The highest BCUT2D eigenvalue weighted by Crippen LogP contribution is 2.66. The van der Waals surface area contributed by atoms with E-state index >= 15 is 0 Å². The molecule has 2 aliphatic carbocycles. The molecule has 0 heteroatoms. The van der Waals surface area contributed by atoms with Crippen LogP contribution in [0.1, 0.15) is 80.6 Å². The van der Waals surface area contributed by atoms with Gasteiger partial charge in [0.25, 0.3) is 0 Å². The Labute approximate surface area is 145 Å². The zero-order valence-electron chi connectivity index (χ0n) is 16.6. The quantitative estimate of drug-likeness (QED) is 0.399. The third-order valence-electron chi connectivity index (χ3n) is 7.26. The van der Waals surface area contributed by atoms with E-state index in [9.17, 15) is 0 Å². The van der Waals surface area contributed by atoms with Crippen LogP contribution in [0.5, 0.6) is 0 Å². The van der Waals surface area contributed by atoms with Crippen LogP contribution in [0, 0.1) is 52.3 Å². The van der Waals surface area contributed by atoms with Gasteiger partial charge in [-0.3, -0.25) is 0 Å². The molecule has 0 aliphatic heterocycles. The molecule has 0 amide bonds. The molecule has 0 saturated heterocycles. The molecular weight excluding hydrogens is 276 g/mol. The molecule has 5 unspecified atom stereocenters. The molecule has 0 nitrogen and oxygen atoms in total. The number of hydrogen-bond donors (Lipinski definition) is 0. The summed E-state index contributed by atoms with van der Waals surface area (Å²) in [5.41, 5.74) is 0.614. The molecule has 2 saturated carbocycles. The summed E-state index contributed by atoms with van der Waals surface area (Å²) in [5, 5.41) is 0. The normalized spacial score (nSPS) is 36.3. The summed E-state index contributed by atoms with van der Waals surface area (Å²) in [6, 6.07) is 0. The van der Waals surface area contributed by atoms with Crippen molar-refractivity contribution >= 4 is 0 Å². The molecule has 2 rings (SSSR count). The number of allylic oxidation sites excluding steroid dienone is 2. The van der Waals surface area contributed by atoms with Crippen LogP contribution in [0.3, 0.4) is 0 Å². The van der Waals surface area contributed by atoms with Gasteiger partial charge in [0, 0.05) is 16.7 Å². The second kappa shape index (κ2) is 7.04. The smallest absolute Gasteiger partial charge is 0.0408 e. The fourth-order valence-electron chi connectivity index (χ4n) is 4.56. The second-order valence-corrected chi connectivity index (χ2v) is 9.18. The Hall–Kier alpha value is -0.700. The van der Waals surface area contributed by atoms with E-state index in [1.807, 2.05) is 0 Å². The molecule has 5 atom stereocenters. The fraction of sp³-hybridized carbons (Fsp3) is 0.826. The minimum absolute atomic E-state index is 0.267. The van der Waals surface area contributed by atoms with E-state index < -0.39 is 0 Å². The number of fused-ring (bicyclic) bond motifs is 1. The van der Waals surface area contributed by atoms with Gasteiger partial charge in [-0.05, 0) is 49.4 Å². The van der Waals surface area contributed by atoms with Crippen molar-refractivity contribution in [3.63, 3.8) is 0 Å². The van der Waals surface area contributed by atoms with Crippen LogP contribution in [0.15, 0.2) is 12.2 Å². The SMILES string of the molecule is CC(C)C(C)C#CC12CCCC1(C=CC(C)C(C)C)C(C)CC2. The summed E-state index contributed by atoms with van der Waals surface area (Å²) < 4.78 is 0. The molecule has 0 aromatic heterocycles. The first kappa shape index (κ1) is 18.6. The Balaban J connectivity index is 2.33. The van der Waals surface area contributed by atoms with Gasteiger partial charge < -0.3 is 0 Å². The maximum atomic E-state index is 3.86. The molecule has 23 heavy (non-hydrogen) atoms. The summed E-state index contributed by atoms with van der Waals surface area (Å²) in [7, 11) is 0. The Morgan fingerprint density at radius 2 is 1.65 bits per heavy atom. The largest absolute Gasteiger partial charge is 0.0993 e. The summed E-state index contributed by atoms with van der Waals surface area (Å²) in [6.07, 6.45) is 11.8. The molecule has 0 spiro atoms. The molecule has 0 aromatic carbocycles. The molecule has 0 N–H and O–H groups in total. The van der Waals surface area contributed by atoms with Gasteiger partial charge in [0.15, 0.2) is 0 Å². The highest BCUT2D eigenvalue weighted by Gasteiger charge is 2.59. The molecule has 2 fully saturated rings. The Morgan fingerprint density at radius 1 is 0.957 bits per heavy atom. The number of rotatable bonds is 4. The van der Waals surface area contributed by atoms with E-state index in [1.165, 1.54) is 32.1 Å². The van der Waals surface area contributed by atoms with Gasteiger partial charge in [-0.1, -0.05) is 78.9 Å². The van der Waals surface area contributed by atoms with Crippen LogP contribution < -0.4 is 0 Å². The summed E-state index contributed by atoms with van der Waals surface area (Å²) in [5.74, 6) is 10.9. The van der Waals surface area contributed by atoms with Crippen molar-refractivity contribution < 1.29 is 0 Å². The maximum absolute atomic E-state index is 3.86. The maximum Gasteiger partial charge on any atom is 0.0408 e. The van der Waals surface area contributed by atoms with Gasteiger partial charge in [0.05, 0.1) is 0 Å². The Morgan fingerprint density at radius 3 is 2.26 bits per heavy atom. The van der Waals surface area contributed by atoms with Crippen LogP contribution in [0.25, 0.3) is 0 Å². The first-order valence-corrected chi connectivity index (χ1v) is 9.96. The van der Waals surface area contributed by atoms with Crippen molar-refractivity contribution in [2.75, 3.05) is 0 Å². The minimum Gasteiger partial charge on any atom is -0.0993 e. The third kappa shape index (κ3) is 3.40. The molecule has 0 radical (unpaired) electrons. The van der Waals surface area contributed by atoms with Crippen LogP contribution in [0.4, 0.5) is 0 Å². The van der Waals surface area contributed by atoms with Gasteiger partial charge in [0.1, 0.15) is 0 Å². The lowest BCUT2D eigenvalue weighted by molar-refractivity contribution is 0.192. The van der Waals surface area contributed by atoms with Gasteiger partial charge in [-0.25, -0.2) is 0 Å². The van der Waals surface area contributed by atoms with Crippen molar-refractivity contribution in [1.82, 2.24) is 0 Å². The van der Waals surface area contributed by atoms with Gasteiger partial charge >= 0.3 is 0 Å². The predicted molar refractivity (Wildman–Crippen MR) is 102 cm³/mol. The Kier molecular flexibility index (Phi) is 5.71. The van der Waals surface area contributed by atoms with Crippen molar-refractivity contribution in [3.8, 4) is 11.8 Å². The first-order valence-electron chi connectivity index (χ1n) is 9.96. The first-order chi connectivity index (χ1) is 10.7. The topological polar surface area (TPSA) is 0 Å². The zero-order valence-corrected chi connectivity index (χ0v) is 16.6. The second-order valence-electron chi connectivity index (χ2n) is 9.18. The molecular formula is C23H38. The van der Waals surface area contributed by atoms with E-state index in [2.05, 4.69) is 72.5 Å². The van der Waals surface area contributed by atoms with E-state index in [0.29, 0.717) is 23.2 Å². The monoisotopic (exact) mass is 314 g/mol.